The molecule has 0 bridgehead atoms. The van der Waals surface area contributed by atoms with Crippen LogP contribution < -0.4 is 5.56 Å². The maximum absolute atomic E-state index is 12.6. The lowest BCUT2D eigenvalue weighted by atomic mass is 9.89. The number of H-pyrrole nitrogens is 1. The summed E-state index contributed by atoms with van der Waals surface area (Å²) in [6, 6.07) is 25.4. The van der Waals surface area contributed by atoms with Crippen LogP contribution in [0.2, 0.25) is 0 Å². The number of nitrogens with zero attached hydrogens (tertiary/aromatic N) is 1. The van der Waals surface area contributed by atoms with Crippen LogP contribution in [-0.4, -0.2) is 23.0 Å². The third kappa shape index (κ3) is 3.34. The Labute approximate surface area is 164 Å². The number of aromatic amines is 1. The Morgan fingerprint density at radius 3 is 2.36 bits per heavy atom. The topological polar surface area (TPSA) is 36.1 Å². The molecule has 0 spiro atoms. The summed E-state index contributed by atoms with van der Waals surface area (Å²) in [5, 5.41) is 3.72. The molecule has 140 valence electrons. The highest BCUT2D eigenvalue weighted by Crippen LogP contribution is 2.28. The molecule has 3 heteroatoms. The van der Waals surface area contributed by atoms with Gasteiger partial charge in [-0.1, -0.05) is 54.6 Å². The summed E-state index contributed by atoms with van der Waals surface area (Å²) in [6.07, 6.45) is 2.07. The first-order chi connectivity index (χ1) is 13.8. The van der Waals surface area contributed by atoms with Crippen molar-refractivity contribution in [1.29, 1.82) is 0 Å². The minimum Gasteiger partial charge on any atom is -0.322 e. The number of rotatable bonds is 3. The average molecular weight is 368 g/mol. The average Bonchev–Trinajstić information content (AvgIpc) is 2.74. The molecule has 1 aromatic heterocycles. The van der Waals surface area contributed by atoms with Gasteiger partial charge in [0.1, 0.15) is 0 Å². The number of likely N-dealkylation sites (tertiary alicyclic amines) is 1. The molecular weight excluding hydrogens is 344 g/mol. The van der Waals surface area contributed by atoms with E-state index < -0.39 is 0 Å². The fourth-order valence-corrected chi connectivity index (χ4v) is 4.46. The monoisotopic (exact) mass is 368 g/mol. The first-order valence-corrected chi connectivity index (χ1v) is 10.1. The van der Waals surface area contributed by atoms with Gasteiger partial charge in [0, 0.05) is 17.6 Å². The molecule has 1 aliphatic rings. The quantitative estimate of drug-likeness (QED) is 0.549. The smallest absolute Gasteiger partial charge is 0.251 e. The normalized spacial score (nSPS) is 16.0. The van der Waals surface area contributed by atoms with E-state index in [-0.39, 0.29) is 5.56 Å². The molecule has 1 N–H and O–H groups in total. The lowest BCUT2D eigenvalue weighted by molar-refractivity contribution is 0.204. The molecule has 3 aromatic carbocycles. The molecule has 1 saturated heterocycles. The van der Waals surface area contributed by atoms with Crippen molar-refractivity contribution in [2.24, 2.45) is 0 Å². The molecule has 0 aliphatic carbocycles. The first-order valence-electron chi connectivity index (χ1n) is 10.1. The molecule has 1 aliphatic heterocycles. The van der Waals surface area contributed by atoms with Gasteiger partial charge >= 0.3 is 0 Å². The van der Waals surface area contributed by atoms with Crippen LogP contribution >= 0.6 is 0 Å². The molecule has 4 aromatic rings. The van der Waals surface area contributed by atoms with E-state index >= 15 is 0 Å². The van der Waals surface area contributed by atoms with Crippen molar-refractivity contribution in [3.63, 3.8) is 0 Å². The minimum absolute atomic E-state index is 0.0756. The van der Waals surface area contributed by atoms with Gasteiger partial charge in [0.15, 0.2) is 0 Å². The first kappa shape index (κ1) is 17.2. The maximum atomic E-state index is 12.6. The van der Waals surface area contributed by atoms with Crippen molar-refractivity contribution in [2.45, 2.75) is 25.3 Å². The molecule has 0 unspecified atom stereocenters. The van der Waals surface area contributed by atoms with E-state index in [4.69, 9.17) is 0 Å². The number of benzene rings is 3. The molecule has 3 nitrogen and oxygen atoms in total. The van der Waals surface area contributed by atoms with E-state index in [1.807, 2.05) is 18.2 Å². The van der Waals surface area contributed by atoms with Crippen molar-refractivity contribution < 1.29 is 0 Å². The number of piperidine rings is 1. The number of fused-ring (bicyclic) bond motifs is 2. The van der Waals surface area contributed by atoms with Crippen LogP contribution in [0.4, 0.5) is 0 Å². The summed E-state index contributed by atoms with van der Waals surface area (Å²) in [6.45, 7) is 3.04. The van der Waals surface area contributed by atoms with Gasteiger partial charge in [-0.3, -0.25) is 9.69 Å². The molecule has 2 heterocycles. The van der Waals surface area contributed by atoms with Crippen molar-refractivity contribution in [2.75, 3.05) is 13.1 Å². The molecule has 0 amide bonds. The predicted octanol–water partition coefficient (Wildman–Crippen LogP) is 5.06. The van der Waals surface area contributed by atoms with E-state index in [1.54, 1.807) is 0 Å². The number of pyridine rings is 1. The van der Waals surface area contributed by atoms with Crippen LogP contribution in [0.25, 0.3) is 21.7 Å². The van der Waals surface area contributed by atoms with Gasteiger partial charge in [-0.05, 0) is 71.8 Å². The Balaban J connectivity index is 1.29. The van der Waals surface area contributed by atoms with Gasteiger partial charge in [0.25, 0.3) is 5.56 Å². The maximum Gasteiger partial charge on any atom is 0.251 e. The summed E-state index contributed by atoms with van der Waals surface area (Å²) in [4.78, 5) is 18.1. The number of aromatic nitrogens is 1. The SMILES string of the molecule is O=c1[nH]c2ccccc2cc1C1CCN(Cc2ccc3ccccc3c2)CC1. The van der Waals surface area contributed by atoms with Gasteiger partial charge in [-0.25, -0.2) is 0 Å². The standard InChI is InChI=1S/C25H24N2O/c28-25-23(16-22-7-3-4-8-24(22)26-25)20-11-13-27(14-12-20)17-18-9-10-19-5-1-2-6-21(19)15-18/h1-10,15-16,20H,11-14,17H2,(H,26,28). The second-order valence-corrected chi connectivity index (χ2v) is 7.87. The van der Waals surface area contributed by atoms with Crippen LogP contribution in [-0.2, 0) is 6.54 Å². The summed E-state index contributed by atoms with van der Waals surface area (Å²) in [5.41, 5.74) is 3.31. The molecule has 5 rings (SSSR count). The van der Waals surface area contributed by atoms with Gasteiger partial charge < -0.3 is 4.98 Å². The van der Waals surface area contributed by atoms with Gasteiger partial charge in [0.2, 0.25) is 0 Å². The molecular formula is C25H24N2O. The fourth-order valence-electron chi connectivity index (χ4n) is 4.46. The lowest BCUT2D eigenvalue weighted by Gasteiger charge is -2.32. The minimum atomic E-state index is 0.0756. The van der Waals surface area contributed by atoms with E-state index in [0.717, 1.165) is 48.9 Å². The van der Waals surface area contributed by atoms with E-state index in [0.29, 0.717) is 5.92 Å². The zero-order valence-electron chi connectivity index (χ0n) is 15.9. The Morgan fingerprint density at radius 2 is 1.54 bits per heavy atom. The van der Waals surface area contributed by atoms with Crippen LogP contribution in [0, 0.1) is 0 Å². The van der Waals surface area contributed by atoms with E-state index in [1.165, 1.54) is 16.3 Å². The highest BCUT2D eigenvalue weighted by Gasteiger charge is 2.23. The summed E-state index contributed by atoms with van der Waals surface area (Å²) in [5.74, 6) is 0.348. The van der Waals surface area contributed by atoms with Gasteiger partial charge in [-0.15, -0.1) is 0 Å². The number of nitrogens with one attached hydrogen (secondary N) is 1. The van der Waals surface area contributed by atoms with E-state index in [9.17, 15) is 4.79 Å². The van der Waals surface area contributed by atoms with Crippen molar-refractivity contribution in [3.8, 4) is 0 Å². The van der Waals surface area contributed by atoms with Crippen LogP contribution in [0.3, 0.4) is 0 Å². The molecule has 0 atom stereocenters. The fraction of sp³-hybridized carbons (Fsp3) is 0.240. The van der Waals surface area contributed by atoms with Crippen molar-refractivity contribution in [1.82, 2.24) is 9.88 Å². The largest absolute Gasteiger partial charge is 0.322 e. The Kier molecular flexibility index (Phi) is 4.46. The lowest BCUT2D eigenvalue weighted by Crippen LogP contribution is -2.34. The zero-order valence-corrected chi connectivity index (χ0v) is 15.9. The zero-order chi connectivity index (χ0) is 18.9. The van der Waals surface area contributed by atoms with Crippen LogP contribution in [0.15, 0.2) is 77.6 Å². The number of para-hydroxylation sites is 1. The van der Waals surface area contributed by atoms with Gasteiger partial charge in [-0.2, -0.15) is 0 Å². The van der Waals surface area contributed by atoms with Crippen molar-refractivity contribution >= 4 is 21.7 Å². The second-order valence-electron chi connectivity index (χ2n) is 7.87. The number of hydrogen-bond donors (Lipinski definition) is 1. The Bertz CT molecular complexity index is 1190. The molecule has 1 fully saturated rings. The Hall–Kier alpha value is -2.91. The Morgan fingerprint density at radius 1 is 0.821 bits per heavy atom. The second kappa shape index (κ2) is 7.25. The third-order valence-corrected chi connectivity index (χ3v) is 6.03. The summed E-state index contributed by atoms with van der Waals surface area (Å²) >= 11 is 0. The third-order valence-electron chi connectivity index (χ3n) is 6.03. The van der Waals surface area contributed by atoms with E-state index in [2.05, 4.69) is 64.5 Å². The van der Waals surface area contributed by atoms with Crippen LogP contribution in [0.1, 0.15) is 29.9 Å². The predicted molar refractivity (Wildman–Crippen MR) is 116 cm³/mol. The van der Waals surface area contributed by atoms with Crippen molar-refractivity contribution in [3.05, 3.63) is 94.3 Å². The summed E-state index contributed by atoms with van der Waals surface area (Å²) in [7, 11) is 0. The molecule has 0 radical (unpaired) electrons. The highest BCUT2D eigenvalue weighted by atomic mass is 16.1. The number of hydrogen-bond acceptors (Lipinski definition) is 2. The van der Waals surface area contributed by atoms with Gasteiger partial charge in [0.05, 0.1) is 0 Å². The highest BCUT2D eigenvalue weighted by molar-refractivity contribution is 5.83. The molecule has 28 heavy (non-hydrogen) atoms. The summed E-state index contributed by atoms with van der Waals surface area (Å²) < 4.78 is 0. The van der Waals surface area contributed by atoms with Crippen LogP contribution in [0.5, 0.6) is 0 Å². The molecule has 0 saturated carbocycles.